The summed E-state index contributed by atoms with van der Waals surface area (Å²) in [5.74, 6) is -0.678. The molecule has 0 aliphatic heterocycles. The molecule has 0 bridgehead atoms. The molecule has 0 aliphatic rings. The second-order valence-electron chi connectivity index (χ2n) is 3.83. The van der Waals surface area contributed by atoms with Crippen LogP contribution in [0.2, 0.25) is 0 Å². The van der Waals surface area contributed by atoms with E-state index in [-0.39, 0.29) is 22.7 Å². The number of sulfonamides is 1. The Balaban J connectivity index is 3.15. The number of halogens is 1. The minimum atomic E-state index is -3.86. The number of nitrogens with two attached hydrogens (primary N) is 1. The molecule has 1 rings (SSSR count). The van der Waals surface area contributed by atoms with Crippen LogP contribution in [0.25, 0.3) is 0 Å². The molecule has 1 atom stereocenters. The third-order valence-electron chi connectivity index (χ3n) is 2.18. The molecule has 0 fully saturated rings. The van der Waals surface area contributed by atoms with Crippen molar-refractivity contribution in [2.75, 3.05) is 12.3 Å². The van der Waals surface area contributed by atoms with Gasteiger partial charge < -0.3 is 10.8 Å². The van der Waals surface area contributed by atoms with Gasteiger partial charge in [-0.1, -0.05) is 0 Å². The predicted octanol–water partition coefficient (Wildman–Crippen LogP) is 0.375. The average Bonchev–Trinajstić information content (AvgIpc) is 2.20. The van der Waals surface area contributed by atoms with E-state index in [2.05, 4.69) is 4.72 Å². The number of aliphatic hydroxyl groups excluding tert-OH is 1. The van der Waals surface area contributed by atoms with Crippen molar-refractivity contribution in [3.63, 3.8) is 0 Å². The van der Waals surface area contributed by atoms with Crippen molar-refractivity contribution in [1.82, 2.24) is 4.72 Å². The van der Waals surface area contributed by atoms with Gasteiger partial charge in [0.15, 0.2) is 0 Å². The van der Waals surface area contributed by atoms with E-state index >= 15 is 0 Å². The van der Waals surface area contributed by atoms with Crippen LogP contribution in [0.15, 0.2) is 17.0 Å². The number of hydrogen-bond acceptors (Lipinski definition) is 4. The molecule has 1 aromatic carbocycles. The summed E-state index contributed by atoms with van der Waals surface area (Å²) in [5.41, 5.74) is 5.43. The highest BCUT2D eigenvalue weighted by Crippen LogP contribution is 2.21. The zero-order valence-electron chi connectivity index (χ0n) is 9.57. The monoisotopic (exact) mass is 262 g/mol. The molecule has 0 unspecified atom stereocenters. The minimum Gasteiger partial charge on any atom is -0.399 e. The lowest BCUT2D eigenvalue weighted by molar-refractivity contribution is 0.198. The summed E-state index contributed by atoms with van der Waals surface area (Å²) >= 11 is 0. The van der Waals surface area contributed by atoms with E-state index in [1.807, 2.05) is 0 Å². The van der Waals surface area contributed by atoms with Crippen molar-refractivity contribution < 1.29 is 17.9 Å². The lowest BCUT2D eigenvalue weighted by atomic mass is 10.2. The highest BCUT2D eigenvalue weighted by Gasteiger charge is 2.19. The maximum absolute atomic E-state index is 13.3. The third-order valence-corrected chi connectivity index (χ3v) is 3.73. The molecule has 0 saturated heterocycles. The van der Waals surface area contributed by atoms with Gasteiger partial charge in [-0.3, -0.25) is 0 Å². The number of nitrogen functional groups attached to an aromatic ring is 1. The van der Waals surface area contributed by atoms with Gasteiger partial charge in [0.1, 0.15) is 5.82 Å². The van der Waals surface area contributed by atoms with Gasteiger partial charge in [-0.05, 0) is 26.0 Å². The van der Waals surface area contributed by atoms with E-state index in [1.54, 1.807) is 0 Å². The van der Waals surface area contributed by atoms with Gasteiger partial charge in [0.25, 0.3) is 0 Å². The Kier molecular flexibility index (Phi) is 4.07. The molecule has 0 radical (unpaired) electrons. The second-order valence-corrected chi connectivity index (χ2v) is 5.56. The Hall–Kier alpha value is -1.18. The topological polar surface area (TPSA) is 92.4 Å². The fourth-order valence-corrected chi connectivity index (χ4v) is 2.67. The van der Waals surface area contributed by atoms with E-state index in [9.17, 15) is 12.8 Å². The van der Waals surface area contributed by atoms with Crippen LogP contribution in [0.1, 0.15) is 12.5 Å². The number of anilines is 1. The molecule has 0 heterocycles. The minimum absolute atomic E-state index is 0.00251. The summed E-state index contributed by atoms with van der Waals surface area (Å²) in [6, 6.07) is 2.24. The van der Waals surface area contributed by atoms with E-state index in [4.69, 9.17) is 10.8 Å². The van der Waals surface area contributed by atoms with Crippen LogP contribution in [0, 0.1) is 12.7 Å². The van der Waals surface area contributed by atoms with Crippen LogP contribution in [0.4, 0.5) is 10.1 Å². The van der Waals surface area contributed by atoms with Crippen molar-refractivity contribution in [2.24, 2.45) is 0 Å². The molecular weight excluding hydrogens is 247 g/mol. The van der Waals surface area contributed by atoms with Gasteiger partial charge in [0.2, 0.25) is 10.0 Å². The molecule has 0 aliphatic carbocycles. The zero-order valence-corrected chi connectivity index (χ0v) is 10.4. The SMILES string of the molecule is Cc1c(F)cc(N)cc1S(=O)(=O)NC[C@H](C)O. The Labute approximate surface area is 99.5 Å². The summed E-state index contributed by atoms with van der Waals surface area (Å²) in [5, 5.41) is 9.02. The van der Waals surface area contributed by atoms with Crippen molar-refractivity contribution in [2.45, 2.75) is 24.8 Å². The van der Waals surface area contributed by atoms with Crippen molar-refractivity contribution in [3.8, 4) is 0 Å². The molecule has 1 aromatic rings. The van der Waals surface area contributed by atoms with Gasteiger partial charge in [0.05, 0.1) is 11.0 Å². The van der Waals surface area contributed by atoms with Gasteiger partial charge in [-0.15, -0.1) is 0 Å². The Morgan fingerprint density at radius 1 is 1.53 bits per heavy atom. The van der Waals surface area contributed by atoms with Crippen molar-refractivity contribution >= 4 is 15.7 Å². The number of benzene rings is 1. The van der Waals surface area contributed by atoms with Crippen LogP contribution in [0.5, 0.6) is 0 Å². The number of aliphatic hydroxyl groups is 1. The molecule has 4 N–H and O–H groups in total. The molecule has 17 heavy (non-hydrogen) atoms. The fourth-order valence-electron chi connectivity index (χ4n) is 1.26. The number of nitrogens with one attached hydrogen (secondary N) is 1. The van der Waals surface area contributed by atoms with Gasteiger partial charge in [-0.2, -0.15) is 0 Å². The number of rotatable bonds is 4. The zero-order chi connectivity index (χ0) is 13.2. The van der Waals surface area contributed by atoms with E-state index in [1.165, 1.54) is 19.9 Å². The Bertz CT molecular complexity index is 515. The molecular formula is C10H15FN2O3S. The van der Waals surface area contributed by atoms with Crippen LogP contribution in [-0.2, 0) is 10.0 Å². The molecule has 0 aromatic heterocycles. The van der Waals surface area contributed by atoms with Gasteiger partial charge >= 0.3 is 0 Å². The Morgan fingerprint density at radius 3 is 2.65 bits per heavy atom. The van der Waals surface area contributed by atoms with Crippen LogP contribution in [-0.4, -0.2) is 26.2 Å². The van der Waals surface area contributed by atoms with E-state index in [0.717, 1.165) is 6.07 Å². The molecule has 5 nitrogen and oxygen atoms in total. The lowest BCUT2D eigenvalue weighted by Crippen LogP contribution is -2.31. The van der Waals surface area contributed by atoms with Crippen LogP contribution < -0.4 is 10.5 Å². The maximum Gasteiger partial charge on any atom is 0.241 e. The first-order valence-electron chi connectivity index (χ1n) is 4.97. The summed E-state index contributed by atoms with van der Waals surface area (Å²) < 4.78 is 39.2. The molecule has 96 valence electrons. The van der Waals surface area contributed by atoms with E-state index in [0.29, 0.717) is 0 Å². The highest BCUT2D eigenvalue weighted by atomic mass is 32.2. The fraction of sp³-hybridized carbons (Fsp3) is 0.400. The number of hydrogen-bond donors (Lipinski definition) is 3. The van der Waals surface area contributed by atoms with Gasteiger partial charge in [0, 0.05) is 17.8 Å². The summed E-state index contributed by atoms with van der Waals surface area (Å²) in [6.07, 6.45) is -0.823. The third kappa shape index (κ3) is 3.39. The van der Waals surface area contributed by atoms with Crippen molar-refractivity contribution in [1.29, 1.82) is 0 Å². The largest absolute Gasteiger partial charge is 0.399 e. The summed E-state index contributed by atoms with van der Waals surface area (Å²) in [6.45, 7) is 2.65. The highest BCUT2D eigenvalue weighted by molar-refractivity contribution is 7.89. The summed E-state index contributed by atoms with van der Waals surface area (Å²) in [7, 11) is -3.86. The van der Waals surface area contributed by atoms with Crippen molar-refractivity contribution in [3.05, 3.63) is 23.5 Å². The van der Waals surface area contributed by atoms with Crippen LogP contribution >= 0.6 is 0 Å². The van der Waals surface area contributed by atoms with E-state index < -0.39 is 21.9 Å². The standard InChI is InChI=1S/C10H15FN2O3S/c1-6(14)5-13-17(15,16)10-4-8(12)3-9(11)7(10)2/h3-4,6,13-14H,5,12H2,1-2H3/t6-/m0/s1. The molecule has 0 spiro atoms. The molecule has 7 heteroatoms. The first-order chi connectivity index (χ1) is 7.74. The molecule has 0 amide bonds. The molecule has 0 saturated carbocycles. The normalized spacial score (nSPS) is 13.6. The average molecular weight is 262 g/mol. The maximum atomic E-state index is 13.3. The smallest absolute Gasteiger partial charge is 0.241 e. The second kappa shape index (κ2) is 4.99. The Morgan fingerprint density at radius 2 is 2.12 bits per heavy atom. The quantitative estimate of drug-likeness (QED) is 0.684. The lowest BCUT2D eigenvalue weighted by Gasteiger charge is -2.11. The first kappa shape index (κ1) is 13.9. The first-order valence-corrected chi connectivity index (χ1v) is 6.45. The predicted molar refractivity (Wildman–Crippen MR) is 62.4 cm³/mol. The summed E-state index contributed by atoms with van der Waals surface area (Å²) in [4.78, 5) is -0.212. The van der Waals surface area contributed by atoms with Gasteiger partial charge in [-0.25, -0.2) is 17.5 Å². The van der Waals surface area contributed by atoms with Crippen LogP contribution in [0.3, 0.4) is 0 Å².